The monoisotopic (exact) mass is 1470 g/mol. The van der Waals surface area contributed by atoms with Crippen LogP contribution in [0.2, 0.25) is 0 Å². The van der Waals surface area contributed by atoms with Gasteiger partial charge in [-0.1, -0.05) is 364 Å². The molecule has 100 heavy (non-hydrogen) atoms. The molecule has 0 aliphatic heterocycles. The Balaban J connectivity index is 5.23. The van der Waals surface area contributed by atoms with E-state index in [1.807, 2.05) is 0 Å². The second-order valence-electron chi connectivity index (χ2n) is 31.1. The van der Waals surface area contributed by atoms with Crippen LogP contribution in [0, 0.1) is 23.7 Å². The van der Waals surface area contributed by atoms with Crippen LogP contribution in [0.1, 0.15) is 415 Å². The average Bonchev–Trinajstić information content (AvgIpc) is 0.946. The molecule has 0 amide bonds. The molecule has 0 fully saturated rings. The number of aliphatic hydroxyl groups excluding tert-OH is 1. The Morgan fingerprint density at radius 1 is 0.250 bits per heavy atom. The molecule has 0 heterocycles. The average molecular weight is 1470 g/mol. The van der Waals surface area contributed by atoms with E-state index < -0.39 is 97.5 Å². The van der Waals surface area contributed by atoms with Crippen LogP contribution in [0.4, 0.5) is 0 Å². The van der Waals surface area contributed by atoms with Crippen LogP contribution < -0.4 is 0 Å². The summed E-state index contributed by atoms with van der Waals surface area (Å²) in [5, 5.41) is 10.6. The van der Waals surface area contributed by atoms with Crippen molar-refractivity contribution < 1.29 is 80.2 Å². The zero-order valence-corrected chi connectivity index (χ0v) is 67.6. The number of hydrogen-bond donors (Lipinski definition) is 3. The summed E-state index contributed by atoms with van der Waals surface area (Å²) in [5.41, 5.74) is 0. The molecule has 0 aromatic carbocycles. The third-order valence-electron chi connectivity index (χ3n) is 18.8. The maximum absolute atomic E-state index is 13.1. The SMILES string of the molecule is CC(C)CCCCCCCCCCCCCCCCCCCCC(=O)O[C@H](COC(=O)CCCCCCCCCCCCCCC(C)C)COP(=O)(O)OCC(O)COP(=O)(O)OC[C@@H](COC(=O)CCCCCCCCCC(C)C)OC(=O)CCCCCCCCCCCCCC(C)C. The molecule has 5 atom stereocenters. The predicted molar refractivity (Wildman–Crippen MR) is 409 cm³/mol. The highest BCUT2D eigenvalue weighted by Gasteiger charge is 2.30. The number of rotatable bonds is 78. The third-order valence-corrected chi connectivity index (χ3v) is 20.7. The molecule has 0 aromatic rings. The molecule has 0 radical (unpaired) electrons. The number of ether oxygens (including phenoxy) is 4. The third kappa shape index (κ3) is 74.3. The standard InChI is InChI=1S/C81H158O17P2/c1-71(2)57-49-41-33-26-20-15-13-11-9-10-12-14-16-24-30-38-47-55-63-80(85)97-76(67-91-78(83)61-53-45-37-29-23-18-17-21-27-34-42-50-58-72(3)4)69-95-99(87,88)93-65-75(82)66-94-100(89,90)96-70-77(68-92-79(84)62-54-46-40-32-36-44-52-60-74(7)8)98-81(86)64-56-48-39-31-25-19-22-28-35-43-51-59-73(5)6/h71-77,82H,9-70H2,1-8H3,(H,87,88)(H,89,90)/t75?,76-,77-/m1/s1. The molecular weight excluding hydrogens is 1310 g/mol. The van der Waals surface area contributed by atoms with Crippen molar-refractivity contribution in [2.24, 2.45) is 23.7 Å². The van der Waals surface area contributed by atoms with Gasteiger partial charge in [-0.3, -0.25) is 37.3 Å². The number of hydrogen-bond acceptors (Lipinski definition) is 15. The topological polar surface area (TPSA) is 237 Å². The van der Waals surface area contributed by atoms with Crippen molar-refractivity contribution in [2.45, 2.75) is 433 Å². The lowest BCUT2D eigenvalue weighted by Gasteiger charge is -2.21. The van der Waals surface area contributed by atoms with Crippen molar-refractivity contribution in [3.8, 4) is 0 Å². The van der Waals surface area contributed by atoms with Crippen LogP contribution in [0.5, 0.6) is 0 Å². The second-order valence-corrected chi connectivity index (χ2v) is 34.0. The molecule has 0 bridgehead atoms. The molecule has 0 spiro atoms. The van der Waals surface area contributed by atoms with Crippen molar-refractivity contribution >= 4 is 39.5 Å². The molecule has 0 saturated carbocycles. The van der Waals surface area contributed by atoms with Crippen molar-refractivity contribution in [1.29, 1.82) is 0 Å². The van der Waals surface area contributed by atoms with E-state index in [-0.39, 0.29) is 25.7 Å². The Labute approximate surface area is 613 Å². The van der Waals surface area contributed by atoms with Crippen molar-refractivity contribution in [3.05, 3.63) is 0 Å². The maximum atomic E-state index is 13.1. The second kappa shape index (κ2) is 70.1. The molecule has 594 valence electrons. The van der Waals surface area contributed by atoms with Crippen LogP contribution in [-0.2, 0) is 65.4 Å². The van der Waals surface area contributed by atoms with Gasteiger partial charge in [0.25, 0.3) is 0 Å². The van der Waals surface area contributed by atoms with E-state index in [0.29, 0.717) is 31.6 Å². The first kappa shape index (κ1) is 98.1. The first-order valence-electron chi connectivity index (χ1n) is 41.7. The fraction of sp³-hybridized carbons (Fsp3) is 0.951. The first-order valence-corrected chi connectivity index (χ1v) is 44.7. The largest absolute Gasteiger partial charge is 0.472 e. The fourth-order valence-electron chi connectivity index (χ4n) is 12.4. The van der Waals surface area contributed by atoms with E-state index in [1.54, 1.807) is 0 Å². The van der Waals surface area contributed by atoms with Crippen molar-refractivity contribution in [1.82, 2.24) is 0 Å². The summed E-state index contributed by atoms with van der Waals surface area (Å²) in [6.07, 6.45) is 57.0. The number of phosphoric ester groups is 2. The first-order chi connectivity index (χ1) is 48.1. The van der Waals surface area contributed by atoms with Gasteiger partial charge in [-0.15, -0.1) is 0 Å². The van der Waals surface area contributed by atoms with E-state index in [9.17, 15) is 43.2 Å². The van der Waals surface area contributed by atoms with Gasteiger partial charge in [0.05, 0.1) is 26.4 Å². The van der Waals surface area contributed by atoms with Gasteiger partial charge in [-0.05, 0) is 49.4 Å². The van der Waals surface area contributed by atoms with Gasteiger partial charge in [0.2, 0.25) is 0 Å². The summed E-state index contributed by atoms with van der Waals surface area (Å²) < 4.78 is 68.7. The van der Waals surface area contributed by atoms with Crippen LogP contribution in [-0.4, -0.2) is 96.7 Å². The number of carbonyl (C=O) groups is 4. The van der Waals surface area contributed by atoms with Crippen LogP contribution in [0.15, 0.2) is 0 Å². The quantitative estimate of drug-likeness (QED) is 0.0222. The van der Waals surface area contributed by atoms with Crippen LogP contribution in [0.3, 0.4) is 0 Å². The summed E-state index contributed by atoms with van der Waals surface area (Å²) in [7, 11) is -9.92. The summed E-state index contributed by atoms with van der Waals surface area (Å²) >= 11 is 0. The molecule has 0 rings (SSSR count). The molecule has 3 N–H and O–H groups in total. The summed E-state index contributed by atoms with van der Waals surface area (Å²) in [6.45, 7) is 14.2. The lowest BCUT2D eigenvalue weighted by Crippen LogP contribution is -2.30. The number of unbranched alkanes of at least 4 members (excludes halogenated alkanes) is 44. The highest BCUT2D eigenvalue weighted by molar-refractivity contribution is 7.47. The van der Waals surface area contributed by atoms with Gasteiger partial charge in [0.1, 0.15) is 19.3 Å². The normalized spacial score (nSPS) is 14.0. The Bertz CT molecular complexity index is 1950. The molecule has 0 aromatic heterocycles. The van der Waals surface area contributed by atoms with E-state index in [1.165, 1.54) is 212 Å². The highest BCUT2D eigenvalue weighted by atomic mass is 31.2. The number of esters is 4. The number of carbonyl (C=O) groups excluding carboxylic acids is 4. The molecule has 0 saturated heterocycles. The molecule has 17 nitrogen and oxygen atoms in total. The van der Waals surface area contributed by atoms with Crippen LogP contribution >= 0.6 is 15.6 Å². The van der Waals surface area contributed by atoms with E-state index in [4.69, 9.17) is 37.0 Å². The molecule has 0 aliphatic carbocycles. The Morgan fingerprint density at radius 3 is 0.620 bits per heavy atom. The Hall–Kier alpha value is -1.94. The van der Waals surface area contributed by atoms with Gasteiger partial charge >= 0.3 is 39.5 Å². The van der Waals surface area contributed by atoms with Gasteiger partial charge in [-0.25, -0.2) is 9.13 Å². The molecule has 19 heteroatoms. The van der Waals surface area contributed by atoms with E-state index in [2.05, 4.69) is 55.4 Å². The van der Waals surface area contributed by atoms with Crippen molar-refractivity contribution in [3.63, 3.8) is 0 Å². The van der Waals surface area contributed by atoms with Gasteiger partial charge < -0.3 is 33.8 Å². The minimum absolute atomic E-state index is 0.105. The molecule has 0 aliphatic rings. The van der Waals surface area contributed by atoms with Crippen molar-refractivity contribution in [2.75, 3.05) is 39.6 Å². The summed E-state index contributed by atoms with van der Waals surface area (Å²) in [5.74, 6) is 0.957. The minimum atomic E-state index is -4.96. The Kier molecular flexibility index (Phi) is 68.7. The van der Waals surface area contributed by atoms with E-state index >= 15 is 0 Å². The summed E-state index contributed by atoms with van der Waals surface area (Å²) in [4.78, 5) is 73.0. The zero-order valence-electron chi connectivity index (χ0n) is 65.8. The van der Waals surface area contributed by atoms with Gasteiger partial charge in [0, 0.05) is 25.7 Å². The molecule has 3 unspecified atom stereocenters. The van der Waals surface area contributed by atoms with Gasteiger partial charge in [0.15, 0.2) is 12.2 Å². The van der Waals surface area contributed by atoms with E-state index in [0.717, 1.165) is 114 Å². The lowest BCUT2D eigenvalue weighted by molar-refractivity contribution is -0.161. The van der Waals surface area contributed by atoms with Gasteiger partial charge in [-0.2, -0.15) is 0 Å². The highest BCUT2D eigenvalue weighted by Crippen LogP contribution is 2.45. The lowest BCUT2D eigenvalue weighted by atomic mass is 10.0. The zero-order chi connectivity index (χ0) is 73.8. The Morgan fingerprint density at radius 2 is 0.420 bits per heavy atom. The van der Waals surface area contributed by atoms with Crippen LogP contribution in [0.25, 0.3) is 0 Å². The fourth-order valence-corrected chi connectivity index (χ4v) is 14.0. The predicted octanol–water partition coefficient (Wildman–Crippen LogP) is 24.0. The molecular formula is C81H158O17P2. The summed E-state index contributed by atoms with van der Waals surface area (Å²) in [6, 6.07) is 0. The maximum Gasteiger partial charge on any atom is 0.472 e. The number of aliphatic hydroxyl groups is 1. The smallest absolute Gasteiger partial charge is 0.462 e. The minimum Gasteiger partial charge on any atom is -0.462 e. The number of phosphoric acid groups is 2.